The second-order valence-corrected chi connectivity index (χ2v) is 3.46. The van der Waals surface area contributed by atoms with Gasteiger partial charge in [0.15, 0.2) is 0 Å². The van der Waals surface area contributed by atoms with Gasteiger partial charge in [0.2, 0.25) is 0 Å². The summed E-state index contributed by atoms with van der Waals surface area (Å²) < 4.78 is 0. The second-order valence-electron chi connectivity index (χ2n) is 3.46. The summed E-state index contributed by atoms with van der Waals surface area (Å²) in [6.07, 6.45) is 0. The quantitative estimate of drug-likeness (QED) is 0.777. The lowest BCUT2D eigenvalue weighted by Crippen LogP contribution is -2.27. The minimum Gasteiger partial charge on any atom is -0.478 e. The van der Waals surface area contributed by atoms with Crippen LogP contribution in [-0.2, 0) is 0 Å². The molecule has 1 rings (SSSR count). The first-order valence-corrected chi connectivity index (χ1v) is 5.16. The fourth-order valence-corrected chi connectivity index (χ4v) is 1.49. The molecule has 0 aromatic carbocycles. The van der Waals surface area contributed by atoms with Crippen LogP contribution in [0.4, 0.5) is 5.82 Å². The maximum absolute atomic E-state index is 10.9. The van der Waals surface area contributed by atoms with E-state index in [9.17, 15) is 4.79 Å². The van der Waals surface area contributed by atoms with E-state index in [-0.39, 0.29) is 12.2 Å². The first-order valence-electron chi connectivity index (χ1n) is 5.16. The molecule has 2 N–H and O–H groups in total. The molecule has 1 aromatic rings. The maximum atomic E-state index is 10.9. The Morgan fingerprint density at radius 1 is 1.50 bits per heavy atom. The summed E-state index contributed by atoms with van der Waals surface area (Å²) in [4.78, 5) is 17.0. The molecule has 0 saturated heterocycles. The van der Waals surface area contributed by atoms with Crippen LogP contribution in [0.5, 0.6) is 0 Å². The van der Waals surface area contributed by atoms with Crippen LogP contribution in [-0.4, -0.2) is 40.9 Å². The Kier molecular flexibility index (Phi) is 4.25. The molecule has 16 heavy (non-hydrogen) atoms. The molecule has 0 aliphatic heterocycles. The van der Waals surface area contributed by atoms with Crippen molar-refractivity contribution >= 4 is 11.8 Å². The normalized spacial score (nSPS) is 10.2. The number of aliphatic hydroxyl groups is 1. The highest BCUT2D eigenvalue weighted by atomic mass is 16.4. The number of carboxylic acid groups (broad SMARTS) is 1. The van der Waals surface area contributed by atoms with Gasteiger partial charge in [-0.25, -0.2) is 9.78 Å². The van der Waals surface area contributed by atoms with Gasteiger partial charge >= 0.3 is 5.97 Å². The second kappa shape index (κ2) is 5.46. The van der Waals surface area contributed by atoms with Crippen molar-refractivity contribution in [2.75, 3.05) is 24.6 Å². The molecule has 0 fully saturated rings. The van der Waals surface area contributed by atoms with Crippen LogP contribution in [0.1, 0.15) is 23.0 Å². The van der Waals surface area contributed by atoms with Crippen molar-refractivity contribution in [2.24, 2.45) is 0 Å². The zero-order chi connectivity index (χ0) is 12.1. The predicted octanol–water partition coefficient (Wildman–Crippen LogP) is 0.907. The van der Waals surface area contributed by atoms with Crippen molar-refractivity contribution in [1.82, 2.24) is 4.98 Å². The van der Waals surface area contributed by atoms with Crippen molar-refractivity contribution in [3.63, 3.8) is 0 Å². The number of pyridine rings is 1. The number of aryl methyl sites for hydroxylation is 1. The van der Waals surface area contributed by atoms with Crippen LogP contribution >= 0.6 is 0 Å². The molecule has 0 unspecified atom stereocenters. The maximum Gasteiger partial charge on any atom is 0.335 e. The van der Waals surface area contributed by atoms with E-state index in [0.717, 1.165) is 0 Å². The van der Waals surface area contributed by atoms with E-state index < -0.39 is 5.97 Å². The van der Waals surface area contributed by atoms with Gasteiger partial charge in [0.05, 0.1) is 12.2 Å². The van der Waals surface area contributed by atoms with E-state index in [2.05, 4.69) is 4.98 Å². The summed E-state index contributed by atoms with van der Waals surface area (Å²) in [6, 6.07) is 3.05. The van der Waals surface area contributed by atoms with E-state index >= 15 is 0 Å². The highest BCUT2D eigenvalue weighted by molar-refractivity contribution is 5.88. The highest BCUT2D eigenvalue weighted by Gasteiger charge is 2.10. The standard InChI is InChI=1S/C11H16N2O3/c1-3-13(4-5-14)10-7-9(11(15)16)6-8(2)12-10/h6-7,14H,3-5H2,1-2H3,(H,15,16). The van der Waals surface area contributed by atoms with Crippen molar-refractivity contribution in [1.29, 1.82) is 0 Å². The number of aromatic carboxylic acids is 1. The van der Waals surface area contributed by atoms with Gasteiger partial charge in [-0.1, -0.05) is 0 Å². The van der Waals surface area contributed by atoms with Crippen LogP contribution in [0.25, 0.3) is 0 Å². The lowest BCUT2D eigenvalue weighted by molar-refractivity contribution is 0.0696. The Morgan fingerprint density at radius 2 is 2.19 bits per heavy atom. The van der Waals surface area contributed by atoms with Crippen LogP contribution in [0.15, 0.2) is 12.1 Å². The summed E-state index contributed by atoms with van der Waals surface area (Å²) in [5.41, 5.74) is 0.880. The van der Waals surface area contributed by atoms with Crippen LogP contribution in [0.3, 0.4) is 0 Å². The number of nitrogens with zero attached hydrogens (tertiary/aromatic N) is 2. The number of carbonyl (C=O) groups is 1. The molecule has 88 valence electrons. The SMILES string of the molecule is CCN(CCO)c1cc(C(=O)O)cc(C)n1. The number of hydrogen-bond donors (Lipinski definition) is 2. The minimum atomic E-state index is -0.966. The summed E-state index contributed by atoms with van der Waals surface area (Å²) in [6.45, 7) is 4.83. The molecular weight excluding hydrogens is 208 g/mol. The van der Waals surface area contributed by atoms with Gasteiger partial charge in [0.1, 0.15) is 5.82 Å². The van der Waals surface area contributed by atoms with E-state index in [1.54, 1.807) is 6.92 Å². The predicted molar refractivity (Wildman–Crippen MR) is 60.9 cm³/mol. The summed E-state index contributed by atoms with van der Waals surface area (Å²) in [5.74, 6) is -0.374. The zero-order valence-electron chi connectivity index (χ0n) is 9.47. The molecule has 1 aromatic heterocycles. The molecule has 0 atom stereocenters. The van der Waals surface area contributed by atoms with E-state index in [1.807, 2.05) is 11.8 Å². The Labute approximate surface area is 94.4 Å². The topological polar surface area (TPSA) is 73.7 Å². The number of aromatic nitrogens is 1. The number of carboxylic acids is 1. The van der Waals surface area contributed by atoms with Gasteiger partial charge < -0.3 is 15.1 Å². The van der Waals surface area contributed by atoms with E-state index in [4.69, 9.17) is 10.2 Å². The lowest BCUT2D eigenvalue weighted by atomic mass is 10.2. The third-order valence-corrected chi connectivity index (χ3v) is 2.26. The number of rotatable bonds is 5. The highest BCUT2D eigenvalue weighted by Crippen LogP contribution is 2.14. The van der Waals surface area contributed by atoms with Gasteiger partial charge in [-0.05, 0) is 26.0 Å². The van der Waals surface area contributed by atoms with Gasteiger partial charge in [0.25, 0.3) is 0 Å². The van der Waals surface area contributed by atoms with E-state index in [0.29, 0.717) is 24.6 Å². The van der Waals surface area contributed by atoms with Crippen molar-refractivity contribution < 1.29 is 15.0 Å². The number of likely N-dealkylation sites (N-methyl/N-ethyl adjacent to an activating group) is 1. The molecule has 0 saturated carbocycles. The fraction of sp³-hybridized carbons (Fsp3) is 0.455. The largest absolute Gasteiger partial charge is 0.478 e. The Hall–Kier alpha value is -1.62. The fourth-order valence-electron chi connectivity index (χ4n) is 1.49. The molecule has 0 amide bonds. The smallest absolute Gasteiger partial charge is 0.335 e. The number of hydrogen-bond acceptors (Lipinski definition) is 4. The molecule has 0 spiro atoms. The number of anilines is 1. The summed E-state index contributed by atoms with van der Waals surface area (Å²) in [5, 5.41) is 17.8. The summed E-state index contributed by atoms with van der Waals surface area (Å²) >= 11 is 0. The van der Waals surface area contributed by atoms with Crippen LogP contribution in [0.2, 0.25) is 0 Å². The van der Waals surface area contributed by atoms with Gasteiger partial charge in [0, 0.05) is 18.8 Å². The van der Waals surface area contributed by atoms with Gasteiger partial charge in [-0.3, -0.25) is 0 Å². The monoisotopic (exact) mass is 224 g/mol. The van der Waals surface area contributed by atoms with Crippen LogP contribution < -0.4 is 4.90 Å². The first-order chi connectivity index (χ1) is 7.58. The minimum absolute atomic E-state index is 0.0197. The first kappa shape index (κ1) is 12.4. The summed E-state index contributed by atoms with van der Waals surface area (Å²) in [7, 11) is 0. The molecule has 5 heteroatoms. The Bertz CT molecular complexity index is 379. The van der Waals surface area contributed by atoms with Crippen molar-refractivity contribution in [2.45, 2.75) is 13.8 Å². The Morgan fingerprint density at radius 3 is 2.69 bits per heavy atom. The third-order valence-electron chi connectivity index (χ3n) is 2.26. The molecular formula is C11H16N2O3. The van der Waals surface area contributed by atoms with Gasteiger partial charge in [-0.2, -0.15) is 0 Å². The Balaban J connectivity index is 3.07. The third kappa shape index (κ3) is 2.93. The molecule has 0 bridgehead atoms. The zero-order valence-corrected chi connectivity index (χ0v) is 9.47. The van der Waals surface area contributed by atoms with E-state index in [1.165, 1.54) is 12.1 Å². The molecule has 1 heterocycles. The molecule has 5 nitrogen and oxygen atoms in total. The lowest BCUT2D eigenvalue weighted by Gasteiger charge is -2.21. The number of aliphatic hydroxyl groups excluding tert-OH is 1. The van der Waals surface area contributed by atoms with Crippen molar-refractivity contribution in [3.8, 4) is 0 Å². The molecule has 0 aliphatic carbocycles. The van der Waals surface area contributed by atoms with Crippen molar-refractivity contribution in [3.05, 3.63) is 23.4 Å². The van der Waals surface area contributed by atoms with Gasteiger partial charge in [-0.15, -0.1) is 0 Å². The molecule has 0 aliphatic rings. The van der Waals surface area contributed by atoms with Crippen LogP contribution in [0, 0.1) is 6.92 Å². The average molecular weight is 224 g/mol. The molecule has 0 radical (unpaired) electrons. The average Bonchev–Trinajstić information content (AvgIpc) is 2.24.